The largest absolute Gasteiger partial charge is 0.481 e. The van der Waals surface area contributed by atoms with Gasteiger partial charge in [0.2, 0.25) is 0 Å². The topological polar surface area (TPSA) is 84.2 Å². The number of benzene rings is 1. The fourth-order valence-corrected chi connectivity index (χ4v) is 2.33. The highest BCUT2D eigenvalue weighted by molar-refractivity contribution is 6.02. The summed E-state index contributed by atoms with van der Waals surface area (Å²) in [6, 6.07) is 8.57. The summed E-state index contributed by atoms with van der Waals surface area (Å²) in [5.41, 5.74) is 2.64. The van der Waals surface area contributed by atoms with Crippen molar-refractivity contribution in [1.82, 2.24) is 9.78 Å². The van der Waals surface area contributed by atoms with Crippen molar-refractivity contribution < 1.29 is 14.7 Å². The predicted molar refractivity (Wildman–Crippen MR) is 87.7 cm³/mol. The number of carbonyl (C=O) groups is 2. The van der Waals surface area contributed by atoms with E-state index in [-0.39, 0.29) is 11.8 Å². The third kappa shape index (κ3) is 3.77. The summed E-state index contributed by atoms with van der Waals surface area (Å²) in [7, 11) is 1.81. The normalized spacial score (nSPS) is 12.2. The number of nitrogens with one attached hydrogen (secondary N) is 1. The lowest BCUT2D eigenvalue weighted by molar-refractivity contribution is -0.138. The average Bonchev–Trinajstić information content (AvgIpc) is 2.89. The number of hydrogen-bond donors (Lipinski definition) is 2. The fraction of sp³-hybridized carbons (Fsp3) is 0.353. The van der Waals surface area contributed by atoms with Crippen LogP contribution in [0.25, 0.3) is 0 Å². The van der Waals surface area contributed by atoms with Gasteiger partial charge in [0.1, 0.15) is 0 Å². The predicted octanol–water partition coefficient (Wildman–Crippen LogP) is 2.98. The first-order valence-corrected chi connectivity index (χ1v) is 7.47. The highest BCUT2D eigenvalue weighted by Crippen LogP contribution is 2.19. The molecule has 1 heterocycles. The van der Waals surface area contributed by atoms with E-state index in [1.807, 2.05) is 20.9 Å². The molecule has 1 unspecified atom stereocenters. The third-order valence-corrected chi connectivity index (χ3v) is 3.78. The van der Waals surface area contributed by atoms with E-state index in [0.29, 0.717) is 16.9 Å². The number of nitrogens with zero attached hydrogens (tertiary/aromatic N) is 2. The van der Waals surface area contributed by atoms with Gasteiger partial charge in [0.25, 0.3) is 5.91 Å². The monoisotopic (exact) mass is 315 g/mol. The van der Waals surface area contributed by atoms with E-state index in [9.17, 15) is 9.59 Å². The van der Waals surface area contributed by atoms with Crippen molar-refractivity contribution in [3.05, 3.63) is 47.3 Å². The quantitative estimate of drug-likeness (QED) is 0.888. The van der Waals surface area contributed by atoms with Crippen LogP contribution < -0.4 is 5.32 Å². The molecule has 0 saturated heterocycles. The average molecular weight is 315 g/mol. The van der Waals surface area contributed by atoms with Gasteiger partial charge in [-0.1, -0.05) is 26.0 Å². The van der Waals surface area contributed by atoms with Gasteiger partial charge in [-0.15, -0.1) is 0 Å². The molecule has 0 radical (unpaired) electrons. The molecule has 2 aromatic rings. The van der Waals surface area contributed by atoms with Crippen LogP contribution in [0.1, 0.15) is 54.4 Å². The molecule has 6 heteroatoms. The van der Waals surface area contributed by atoms with Gasteiger partial charge in [0.15, 0.2) is 5.69 Å². The van der Waals surface area contributed by atoms with Gasteiger partial charge in [-0.3, -0.25) is 14.3 Å². The minimum atomic E-state index is -0.878. The zero-order chi connectivity index (χ0) is 17.1. The van der Waals surface area contributed by atoms with Gasteiger partial charge in [0, 0.05) is 18.4 Å². The molecule has 2 N–H and O–H groups in total. The van der Waals surface area contributed by atoms with Gasteiger partial charge in [-0.05, 0) is 36.6 Å². The molecule has 1 amide bonds. The van der Waals surface area contributed by atoms with Crippen LogP contribution in [0.15, 0.2) is 30.3 Å². The molecule has 0 spiro atoms. The Morgan fingerprint density at radius 2 is 1.78 bits per heavy atom. The van der Waals surface area contributed by atoms with Crippen molar-refractivity contribution in [1.29, 1.82) is 0 Å². The van der Waals surface area contributed by atoms with E-state index in [1.165, 1.54) is 0 Å². The minimum Gasteiger partial charge on any atom is -0.481 e. The number of aryl methyl sites for hydroxylation is 1. The molecule has 6 nitrogen and oxygen atoms in total. The SMILES string of the molecule is CC(C)c1cc(C(=O)Nc2ccc(C(C)C(=O)O)cc2)nn1C. The Bertz CT molecular complexity index is 717. The number of amides is 1. The molecule has 0 fully saturated rings. The Morgan fingerprint density at radius 1 is 1.17 bits per heavy atom. The summed E-state index contributed by atoms with van der Waals surface area (Å²) in [5.74, 6) is -1.46. The lowest BCUT2D eigenvalue weighted by Gasteiger charge is -2.08. The van der Waals surface area contributed by atoms with Crippen LogP contribution in [-0.2, 0) is 11.8 Å². The molecule has 0 aliphatic heterocycles. The molecule has 0 saturated carbocycles. The Morgan fingerprint density at radius 3 is 2.26 bits per heavy atom. The number of hydrogen-bond acceptors (Lipinski definition) is 3. The summed E-state index contributed by atoms with van der Waals surface area (Å²) in [4.78, 5) is 23.2. The van der Waals surface area contributed by atoms with Gasteiger partial charge in [-0.2, -0.15) is 5.10 Å². The van der Waals surface area contributed by atoms with Crippen molar-refractivity contribution >= 4 is 17.6 Å². The second kappa shape index (κ2) is 6.64. The molecule has 0 aliphatic carbocycles. The van der Waals surface area contributed by atoms with E-state index in [2.05, 4.69) is 10.4 Å². The maximum absolute atomic E-state index is 12.2. The molecule has 1 aromatic heterocycles. The molecule has 1 atom stereocenters. The fourth-order valence-electron chi connectivity index (χ4n) is 2.33. The van der Waals surface area contributed by atoms with Crippen LogP contribution in [0.2, 0.25) is 0 Å². The number of rotatable bonds is 5. The van der Waals surface area contributed by atoms with Crippen molar-refractivity contribution in [2.24, 2.45) is 7.05 Å². The Kier molecular flexibility index (Phi) is 4.83. The molecular formula is C17H21N3O3. The summed E-state index contributed by atoms with van der Waals surface area (Å²) in [6.45, 7) is 5.71. The molecular weight excluding hydrogens is 294 g/mol. The van der Waals surface area contributed by atoms with Crippen LogP contribution in [0.3, 0.4) is 0 Å². The molecule has 1 aromatic carbocycles. The summed E-state index contributed by atoms with van der Waals surface area (Å²) in [5, 5.41) is 16.0. The number of aromatic nitrogens is 2. The maximum Gasteiger partial charge on any atom is 0.310 e. The smallest absolute Gasteiger partial charge is 0.310 e. The van der Waals surface area contributed by atoms with Crippen molar-refractivity contribution in [3.63, 3.8) is 0 Å². The van der Waals surface area contributed by atoms with Crippen molar-refractivity contribution in [2.45, 2.75) is 32.6 Å². The van der Waals surface area contributed by atoms with Gasteiger partial charge >= 0.3 is 5.97 Å². The highest BCUT2D eigenvalue weighted by atomic mass is 16.4. The number of aliphatic carboxylic acids is 1. The van der Waals surface area contributed by atoms with Gasteiger partial charge < -0.3 is 10.4 Å². The van der Waals surface area contributed by atoms with Crippen LogP contribution in [0.5, 0.6) is 0 Å². The first-order chi connectivity index (χ1) is 10.8. The first-order valence-electron chi connectivity index (χ1n) is 7.47. The summed E-state index contributed by atoms with van der Waals surface area (Å²) in [6.07, 6.45) is 0. The zero-order valence-corrected chi connectivity index (χ0v) is 13.7. The summed E-state index contributed by atoms with van der Waals surface area (Å²) >= 11 is 0. The van der Waals surface area contributed by atoms with Crippen LogP contribution >= 0.6 is 0 Å². The molecule has 23 heavy (non-hydrogen) atoms. The molecule has 0 aliphatic rings. The van der Waals surface area contributed by atoms with Gasteiger partial charge in [0.05, 0.1) is 5.92 Å². The van der Waals surface area contributed by atoms with Gasteiger partial charge in [-0.25, -0.2) is 0 Å². The lowest BCUT2D eigenvalue weighted by atomic mass is 10.0. The van der Waals surface area contributed by atoms with Crippen LogP contribution in [0.4, 0.5) is 5.69 Å². The number of anilines is 1. The van der Waals surface area contributed by atoms with Crippen LogP contribution in [0, 0.1) is 0 Å². The second-order valence-corrected chi connectivity index (χ2v) is 5.87. The third-order valence-electron chi connectivity index (χ3n) is 3.78. The van der Waals surface area contributed by atoms with E-state index >= 15 is 0 Å². The van der Waals surface area contributed by atoms with Crippen molar-refractivity contribution in [3.8, 4) is 0 Å². The minimum absolute atomic E-state index is 0.283. The first kappa shape index (κ1) is 16.7. The van der Waals surface area contributed by atoms with Crippen molar-refractivity contribution in [2.75, 3.05) is 5.32 Å². The van der Waals surface area contributed by atoms with E-state index in [1.54, 1.807) is 41.9 Å². The maximum atomic E-state index is 12.2. The highest BCUT2D eigenvalue weighted by Gasteiger charge is 2.16. The summed E-state index contributed by atoms with van der Waals surface area (Å²) < 4.78 is 1.71. The van der Waals surface area contributed by atoms with E-state index < -0.39 is 11.9 Å². The standard InChI is InChI=1S/C17H21N3O3/c1-10(2)15-9-14(19-20(15)4)16(21)18-13-7-5-12(6-8-13)11(3)17(22)23/h5-11H,1-4H3,(H,18,21)(H,22,23). The Labute approximate surface area is 135 Å². The van der Waals surface area contributed by atoms with E-state index in [0.717, 1.165) is 5.69 Å². The lowest BCUT2D eigenvalue weighted by Crippen LogP contribution is -2.13. The number of carboxylic acid groups (broad SMARTS) is 1. The Balaban J connectivity index is 2.11. The Hall–Kier alpha value is -2.63. The zero-order valence-electron chi connectivity index (χ0n) is 13.7. The second-order valence-electron chi connectivity index (χ2n) is 5.87. The molecule has 122 valence electrons. The van der Waals surface area contributed by atoms with E-state index in [4.69, 9.17) is 5.11 Å². The number of carbonyl (C=O) groups excluding carboxylic acids is 1. The molecule has 2 rings (SSSR count). The van der Waals surface area contributed by atoms with Crippen LogP contribution in [-0.4, -0.2) is 26.8 Å². The number of carboxylic acids is 1. The molecule has 0 bridgehead atoms.